The maximum Gasteiger partial charge on any atom is 0.123 e. The molecule has 3 rings (SSSR count). The third-order valence-corrected chi connectivity index (χ3v) is 3.68. The van der Waals surface area contributed by atoms with E-state index in [1.807, 2.05) is 0 Å². The molecular weight excluding hydrogens is 210 g/mol. The topological polar surface area (TPSA) is 21.3 Å². The summed E-state index contributed by atoms with van der Waals surface area (Å²) >= 11 is 0. The summed E-state index contributed by atoms with van der Waals surface area (Å²) in [6, 6.07) is 9.28. The lowest BCUT2D eigenvalue weighted by molar-refractivity contribution is 0.216. The van der Waals surface area contributed by atoms with Crippen molar-refractivity contribution in [3.8, 4) is 5.75 Å². The molecule has 1 aliphatic carbocycles. The molecule has 0 saturated heterocycles. The summed E-state index contributed by atoms with van der Waals surface area (Å²) in [4.78, 5) is 0. The van der Waals surface area contributed by atoms with Gasteiger partial charge in [0.25, 0.3) is 0 Å². The zero-order chi connectivity index (χ0) is 11.5. The van der Waals surface area contributed by atoms with Gasteiger partial charge in [-0.3, -0.25) is 0 Å². The molecule has 1 unspecified atom stereocenters. The van der Waals surface area contributed by atoms with E-state index in [1.165, 1.54) is 44.2 Å². The fourth-order valence-corrected chi connectivity index (χ4v) is 2.51. The number of unbranched alkanes of at least 4 members (excludes halogenated alkanes) is 1. The van der Waals surface area contributed by atoms with Crippen molar-refractivity contribution in [3.05, 3.63) is 29.8 Å². The molecule has 1 heterocycles. The van der Waals surface area contributed by atoms with E-state index in [4.69, 9.17) is 4.74 Å². The first kappa shape index (κ1) is 11.1. The van der Waals surface area contributed by atoms with E-state index in [-0.39, 0.29) is 0 Å². The summed E-state index contributed by atoms with van der Waals surface area (Å²) in [6.07, 6.45) is 8.06. The number of rotatable bonds is 6. The van der Waals surface area contributed by atoms with Crippen molar-refractivity contribution >= 4 is 0 Å². The summed E-state index contributed by atoms with van der Waals surface area (Å²) < 4.78 is 5.93. The van der Waals surface area contributed by atoms with Crippen molar-refractivity contribution in [3.63, 3.8) is 0 Å². The van der Waals surface area contributed by atoms with Gasteiger partial charge in [-0.1, -0.05) is 18.2 Å². The second-order valence-corrected chi connectivity index (χ2v) is 5.28. The standard InChI is InChI=1S/C15H21NO/c1-2-7-15-12(5-1)11-14(17-15)6-3-4-10-16-13-8-9-13/h1-2,5,7,13-14,16H,3-4,6,8-11H2. The first-order valence-corrected chi connectivity index (χ1v) is 6.90. The highest BCUT2D eigenvalue weighted by Crippen LogP contribution is 2.30. The molecule has 1 N–H and O–H groups in total. The predicted molar refractivity (Wildman–Crippen MR) is 69.4 cm³/mol. The van der Waals surface area contributed by atoms with Gasteiger partial charge in [0.1, 0.15) is 11.9 Å². The van der Waals surface area contributed by atoms with E-state index in [2.05, 4.69) is 29.6 Å². The Labute approximate surface area is 103 Å². The lowest BCUT2D eigenvalue weighted by Crippen LogP contribution is -2.18. The number of hydrogen-bond donors (Lipinski definition) is 1. The summed E-state index contributed by atoms with van der Waals surface area (Å²) in [5.41, 5.74) is 1.38. The van der Waals surface area contributed by atoms with Crippen LogP contribution in [0.2, 0.25) is 0 Å². The molecule has 1 fully saturated rings. The number of fused-ring (bicyclic) bond motifs is 1. The average Bonchev–Trinajstić information content (AvgIpc) is 3.07. The van der Waals surface area contributed by atoms with Crippen LogP contribution >= 0.6 is 0 Å². The van der Waals surface area contributed by atoms with E-state index in [0.717, 1.165) is 18.2 Å². The molecule has 2 aliphatic rings. The molecule has 0 bridgehead atoms. The number of nitrogens with one attached hydrogen (secondary N) is 1. The normalized spacial score (nSPS) is 22.2. The van der Waals surface area contributed by atoms with Crippen LogP contribution in [0.3, 0.4) is 0 Å². The Balaban J connectivity index is 1.34. The fourth-order valence-electron chi connectivity index (χ4n) is 2.51. The Bertz CT molecular complexity index is 348. The van der Waals surface area contributed by atoms with Gasteiger partial charge in [-0.25, -0.2) is 0 Å². The molecule has 0 aromatic heterocycles. The molecule has 2 heteroatoms. The Kier molecular flexibility index (Phi) is 3.32. The van der Waals surface area contributed by atoms with E-state index in [1.54, 1.807) is 0 Å². The van der Waals surface area contributed by atoms with Crippen LogP contribution in [-0.4, -0.2) is 18.7 Å². The van der Waals surface area contributed by atoms with E-state index < -0.39 is 0 Å². The predicted octanol–water partition coefficient (Wildman–Crippen LogP) is 2.91. The van der Waals surface area contributed by atoms with Gasteiger partial charge >= 0.3 is 0 Å². The van der Waals surface area contributed by atoms with Crippen molar-refractivity contribution in [2.24, 2.45) is 0 Å². The third kappa shape index (κ3) is 3.01. The lowest BCUT2D eigenvalue weighted by atomic mass is 10.1. The molecule has 1 atom stereocenters. The van der Waals surface area contributed by atoms with Crippen LogP contribution in [0.15, 0.2) is 24.3 Å². The molecule has 1 aromatic rings. The summed E-state index contributed by atoms with van der Waals surface area (Å²) in [6.45, 7) is 1.18. The van der Waals surface area contributed by atoms with Crippen LogP contribution in [0.5, 0.6) is 5.75 Å². The fraction of sp³-hybridized carbons (Fsp3) is 0.600. The molecule has 0 radical (unpaired) electrons. The third-order valence-electron chi connectivity index (χ3n) is 3.68. The van der Waals surface area contributed by atoms with Gasteiger partial charge in [0.05, 0.1) is 0 Å². The second kappa shape index (κ2) is 5.09. The SMILES string of the molecule is c1ccc2c(c1)CC(CCCCNC1CC1)O2. The number of ether oxygens (including phenoxy) is 1. The minimum Gasteiger partial charge on any atom is -0.490 e. The molecular formula is C15H21NO. The van der Waals surface area contributed by atoms with Crippen molar-refractivity contribution < 1.29 is 4.74 Å². The van der Waals surface area contributed by atoms with E-state index >= 15 is 0 Å². The zero-order valence-electron chi connectivity index (χ0n) is 10.3. The largest absolute Gasteiger partial charge is 0.490 e. The van der Waals surface area contributed by atoms with Gasteiger partial charge in [-0.05, 0) is 50.3 Å². The number of benzene rings is 1. The Hall–Kier alpha value is -1.02. The van der Waals surface area contributed by atoms with Crippen LogP contribution in [0.25, 0.3) is 0 Å². The molecule has 0 amide bonds. The molecule has 1 saturated carbocycles. The quantitative estimate of drug-likeness (QED) is 0.760. The summed E-state index contributed by atoms with van der Waals surface area (Å²) in [5.74, 6) is 1.11. The van der Waals surface area contributed by atoms with Gasteiger partial charge in [0, 0.05) is 12.5 Å². The maximum absolute atomic E-state index is 5.93. The Morgan fingerprint density at radius 1 is 1.18 bits per heavy atom. The van der Waals surface area contributed by atoms with E-state index in [0.29, 0.717) is 6.10 Å². The monoisotopic (exact) mass is 231 g/mol. The maximum atomic E-state index is 5.93. The van der Waals surface area contributed by atoms with Gasteiger partial charge in [-0.15, -0.1) is 0 Å². The minimum atomic E-state index is 0.424. The van der Waals surface area contributed by atoms with Crippen molar-refractivity contribution in [1.82, 2.24) is 5.32 Å². The van der Waals surface area contributed by atoms with Crippen LogP contribution in [0.4, 0.5) is 0 Å². The van der Waals surface area contributed by atoms with Crippen LogP contribution in [0, 0.1) is 0 Å². The summed E-state index contributed by atoms with van der Waals surface area (Å²) in [5, 5.41) is 3.56. The highest BCUT2D eigenvalue weighted by atomic mass is 16.5. The Morgan fingerprint density at radius 2 is 2.06 bits per heavy atom. The molecule has 2 nitrogen and oxygen atoms in total. The van der Waals surface area contributed by atoms with Crippen LogP contribution in [0.1, 0.15) is 37.7 Å². The van der Waals surface area contributed by atoms with Crippen LogP contribution in [-0.2, 0) is 6.42 Å². The first-order chi connectivity index (χ1) is 8.42. The molecule has 1 aromatic carbocycles. The second-order valence-electron chi connectivity index (χ2n) is 5.28. The first-order valence-electron chi connectivity index (χ1n) is 6.90. The van der Waals surface area contributed by atoms with Crippen LogP contribution < -0.4 is 10.1 Å². The molecule has 0 spiro atoms. The molecule has 1 aliphatic heterocycles. The van der Waals surface area contributed by atoms with Crippen molar-refractivity contribution in [2.75, 3.05) is 6.54 Å². The minimum absolute atomic E-state index is 0.424. The lowest BCUT2D eigenvalue weighted by Gasteiger charge is -2.10. The average molecular weight is 231 g/mol. The van der Waals surface area contributed by atoms with Gasteiger partial charge in [-0.2, -0.15) is 0 Å². The van der Waals surface area contributed by atoms with Gasteiger partial charge in [0.2, 0.25) is 0 Å². The van der Waals surface area contributed by atoms with Crippen molar-refractivity contribution in [1.29, 1.82) is 0 Å². The molecule has 17 heavy (non-hydrogen) atoms. The number of para-hydroxylation sites is 1. The van der Waals surface area contributed by atoms with E-state index in [9.17, 15) is 0 Å². The highest BCUT2D eigenvalue weighted by Gasteiger charge is 2.22. The number of hydrogen-bond acceptors (Lipinski definition) is 2. The zero-order valence-corrected chi connectivity index (χ0v) is 10.3. The highest BCUT2D eigenvalue weighted by molar-refractivity contribution is 5.37. The molecule has 92 valence electrons. The van der Waals surface area contributed by atoms with Crippen molar-refractivity contribution in [2.45, 2.75) is 50.7 Å². The Morgan fingerprint density at radius 3 is 2.88 bits per heavy atom. The van der Waals surface area contributed by atoms with Gasteiger partial charge in [0.15, 0.2) is 0 Å². The summed E-state index contributed by atoms with van der Waals surface area (Å²) in [7, 11) is 0. The van der Waals surface area contributed by atoms with Gasteiger partial charge < -0.3 is 10.1 Å². The smallest absolute Gasteiger partial charge is 0.123 e.